The molecule has 110 valence electrons. The molecule has 0 bridgehead atoms. The van der Waals surface area contributed by atoms with Crippen LogP contribution in [0.15, 0.2) is 0 Å². The average molecular weight is 269 g/mol. The van der Waals surface area contributed by atoms with Crippen LogP contribution in [-0.2, 0) is 9.53 Å². The van der Waals surface area contributed by atoms with E-state index >= 15 is 0 Å². The Hall–Kier alpha value is -0.610. The Morgan fingerprint density at radius 2 is 2.11 bits per heavy atom. The Balaban J connectivity index is 1.88. The lowest BCUT2D eigenvalue weighted by Crippen LogP contribution is -2.59. The summed E-state index contributed by atoms with van der Waals surface area (Å²) in [5, 5.41) is 12.5. The maximum absolute atomic E-state index is 12.3. The van der Waals surface area contributed by atoms with Crippen LogP contribution in [0.3, 0.4) is 0 Å². The van der Waals surface area contributed by atoms with Crippen LogP contribution >= 0.6 is 0 Å². The fourth-order valence-corrected chi connectivity index (χ4v) is 3.16. The summed E-state index contributed by atoms with van der Waals surface area (Å²) in [5.41, 5.74) is -0.762. The number of rotatable bonds is 4. The Morgan fingerprint density at radius 3 is 2.68 bits per heavy atom. The second-order valence-corrected chi connectivity index (χ2v) is 6.41. The van der Waals surface area contributed by atoms with E-state index in [9.17, 15) is 9.90 Å². The van der Waals surface area contributed by atoms with Gasteiger partial charge in [-0.15, -0.1) is 0 Å². The summed E-state index contributed by atoms with van der Waals surface area (Å²) >= 11 is 0. The van der Waals surface area contributed by atoms with Gasteiger partial charge in [-0.25, -0.2) is 0 Å². The summed E-state index contributed by atoms with van der Waals surface area (Å²) < 4.78 is 5.87. The summed E-state index contributed by atoms with van der Waals surface area (Å²) in [6.07, 6.45) is 7.07. The standard InChI is InChI=1S/C15H27NO3/c1-11(17)8-9-15(2)14(18)16-13(10-19-15)12-6-4-3-5-7-12/h11-13,17H,3-10H2,1-2H3,(H,16,18)/t11-,13+,15-/m1/s1. The number of carbonyl (C=O) groups is 1. The zero-order valence-corrected chi connectivity index (χ0v) is 12.2. The predicted octanol–water partition coefficient (Wildman–Crippen LogP) is 2.00. The molecule has 1 saturated carbocycles. The van der Waals surface area contributed by atoms with E-state index in [1.54, 1.807) is 6.92 Å². The summed E-state index contributed by atoms with van der Waals surface area (Å²) in [5.74, 6) is 0.578. The molecule has 19 heavy (non-hydrogen) atoms. The molecule has 1 saturated heterocycles. The molecule has 2 N–H and O–H groups in total. The second kappa shape index (κ2) is 6.23. The normalized spacial score (nSPS) is 34.9. The number of aliphatic hydroxyl groups excluding tert-OH is 1. The highest BCUT2D eigenvalue weighted by atomic mass is 16.5. The molecule has 4 nitrogen and oxygen atoms in total. The van der Waals surface area contributed by atoms with Gasteiger partial charge in [-0.1, -0.05) is 19.3 Å². The smallest absolute Gasteiger partial charge is 0.252 e. The van der Waals surface area contributed by atoms with Gasteiger partial charge in [0, 0.05) is 0 Å². The first-order valence-corrected chi connectivity index (χ1v) is 7.64. The first-order chi connectivity index (χ1) is 9.01. The summed E-state index contributed by atoms with van der Waals surface area (Å²) in [4.78, 5) is 12.3. The molecule has 0 aromatic rings. The van der Waals surface area contributed by atoms with E-state index in [0.717, 1.165) is 0 Å². The maximum Gasteiger partial charge on any atom is 0.252 e. The number of carbonyl (C=O) groups excluding carboxylic acids is 1. The van der Waals surface area contributed by atoms with Crippen LogP contribution in [0.25, 0.3) is 0 Å². The van der Waals surface area contributed by atoms with Crippen LogP contribution in [0.2, 0.25) is 0 Å². The van der Waals surface area contributed by atoms with Crippen LogP contribution in [0.4, 0.5) is 0 Å². The van der Waals surface area contributed by atoms with Gasteiger partial charge in [0.15, 0.2) is 0 Å². The summed E-state index contributed by atoms with van der Waals surface area (Å²) in [7, 11) is 0. The van der Waals surface area contributed by atoms with Crippen molar-refractivity contribution in [2.75, 3.05) is 6.61 Å². The van der Waals surface area contributed by atoms with Crippen molar-refractivity contribution >= 4 is 5.91 Å². The fraction of sp³-hybridized carbons (Fsp3) is 0.933. The molecular weight excluding hydrogens is 242 g/mol. The SMILES string of the molecule is C[C@@H](O)CC[C@@]1(C)OC[C@@H](C2CCCCC2)NC1=O. The molecule has 0 radical (unpaired) electrons. The minimum absolute atomic E-state index is 0.00465. The number of amides is 1. The zero-order chi connectivity index (χ0) is 13.9. The molecule has 0 aromatic carbocycles. The van der Waals surface area contributed by atoms with Gasteiger partial charge in [0.05, 0.1) is 18.8 Å². The van der Waals surface area contributed by atoms with Gasteiger partial charge in [0.2, 0.25) is 0 Å². The lowest BCUT2D eigenvalue weighted by Gasteiger charge is -2.41. The third kappa shape index (κ3) is 3.69. The molecule has 1 aliphatic heterocycles. The monoisotopic (exact) mass is 269 g/mol. The molecular formula is C15H27NO3. The van der Waals surface area contributed by atoms with Gasteiger partial charge < -0.3 is 15.2 Å². The van der Waals surface area contributed by atoms with Crippen LogP contribution < -0.4 is 5.32 Å². The van der Waals surface area contributed by atoms with Crippen LogP contribution in [-0.4, -0.2) is 35.4 Å². The highest BCUT2D eigenvalue weighted by molar-refractivity contribution is 5.85. The van der Waals surface area contributed by atoms with E-state index in [0.29, 0.717) is 25.4 Å². The Kier molecular flexibility index (Phi) is 4.85. The van der Waals surface area contributed by atoms with Crippen molar-refractivity contribution < 1.29 is 14.6 Å². The van der Waals surface area contributed by atoms with Crippen molar-refractivity contribution in [3.8, 4) is 0 Å². The first-order valence-electron chi connectivity index (χ1n) is 7.64. The molecule has 0 unspecified atom stereocenters. The third-order valence-corrected chi connectivity index (χ3v) is 4.64. The van der Waals surface area contributed by atoms with Crippen molar-refractivity contribution in [2.24, 2.45) is 5.92 Å². The Morgan fingerprint density at radius 1 is 1.42 bits per heavy atom. The number of morpholine rings is 1. The lowest BCUT2D eigenvalue weighted by atomic mass is 9.82. The number of hydrogen-bond acceptors (Lipinski definition) is 3. The van der Waals surface area contributed by atoms with Crippen molar-refractivity contribution in [1.29, 1.82) is 0 Å². The van der Waals surface area contributed by atoms with E-state index in [4.69, 9.17) is 4.74 Å². The Bertz CT molecular complexity index is 313. The van der Waals surface area contributed by atoms with Crippen molar-refractivity contribution in [3.63, 3.8) is 0 Å². The van der Waals surface area contributed by atoms with E-state index < -0.39 is 5.60 Å². The largest absolute Gasteiger partial charge is 0.393 e. The molecule has 2 rings (SSSR count). The molecule has 2 aliphatic rings. The van der Waals surface area contributed by atoms with Crippen molar-refractivity contribution in [2.45, 2.75) is 76.5 Å². The lowest BCUT2D eigenvalue weighted by molar-refractivity contribution is -0.160. The maximum atomic E-state index is 12.3. The van der Waals surface area contributed by atoms with E-state index in [2.05, 4.69) is 5.32 Å². The molecule has 0 spiro atoms. The number of nitrogens with one attached hydrogen (secondary N) is 1. The third-order valence-electron chi connectivity index (χ3n) is 4.64. The molecule has 1 aliphatic carbocycles. The van der Waals surface area contributed by atoms with Gasteiger partial charge in [-0.05, 0) is 45.4 Å². The van der Waals surface area contributed by atoms with Gasteiger partial charge >= 0.3 is 0 Å². The van der Waals surface area contributed by atoms with Gasteiger partial charge in [0.1, 0.15) is 5.60 Å². The molecule has 0 aromatic heterocycles. The highest BCUT2D eigenvalue weighted by Gasteiger charge is 2.41. The minimum Gasteiger partial charge on any atom is -0.393 e. The van der Waals surface area contributed by atoms with Crippen molar-refractivity contribution in [1.82, 2.24) is 5.32 Å². The van der Waals surface area contributed by atoms with Crippen LogP contribution in [0.5, 0.6) is 0 Å². The van der Waals surface area contributed by atoms with Gasteiger partial charge in [-0.2, -0.15) is 0 Å². The summed E-state index contributed by atoms with van der Waals surface area (Å²) in [6, 6.07) is 0.187. The number of hydrogen-bond donors (Lipinski definition) is 2. The van der Waals surface area contributed by atoms with E-state index in [-0.39, 0.29) is 18.1 Å². The minimum atomic E-state index is -0.762. The van der Waals surface area contributed by atoms with Crippen LogP contribution in [0, 0.1) is 5.92 Å². The van der Waals surface area contributed by atoms with E-state index in [1.165, 1.54) is 32.1 Å². The molecule has 4 heteroatoms. The average Bonchev–Trinajstić information content (AvgIpc) is 2.41. The fourth-order valence-electron chi connectivity index (χ4n) is 3.16. The summed E-state index contributed by atoms with van der Waals surface area (Å²) in [6.45, 7) is 4.20. The first kappa shape index (κ1) is 14.8. The predicted molar refractivity (Wildman–Crippen MR) is 73.8 cm³/mol. The second-order valence-electron chi connectivity index (χ2n) is 6.41. The Labute approximate surface area is 115 Å². The van der Waals surface area contributed by atoms with Crippen molar-refractivity contribution in [3.05, 3.63) is 0 Å². The molecule has 3 atom stereocenters. The topological polar surface area (TPSA) is 58.6 Å². The molecule has 1 heterocycles. The van der Waals surface area contributed by atoms with Gasteiger partial charge in [-0.3, -0.25) is 4.79 Å². The van der Waals surface area contributed by atoms with E-state index in [1.807, 2.05) is 6.92 Å². The molecule has 1 amide bonds. The number of aliphatic hydroxyl groups is 1. The molecule has 2 fully saturated rings. The number of ether oxygens (including phenoxy) is 1. The zero-order valence-electron chi connectivity index (χ0n) is 12.2. The van der Waals surface area contributed by atoms with Gasteiger partial charge in [0.25, 0.3) is 5.91 Å². The van der Waals surface area contributed by atoms with Crippen LogP contribution in [0.1, 0.15) is 58.8 Å². The quantitative estimate of drug-likeness (QED) is 0.820. The highest BCUT2D eigenvalue weighted by Crippen LogP contribution is 2.31.